The Morgan fingerprint density at radius 3 is 2.47 bits per heavy atom. The fourth-order valence-corrected chi connectivity index (χ4v) is 1.50. The molecule has 1 N–H and O–H groups in total. The van der Waals surface area contributed by atoms with Crippen molar-refractivity contribution in [2.24, 2.45) is 0 Å². The first-order valence-electron chi connectivity index (χ1n) is 5.01. The van der Waals surface area contributed by atoms with Crippen molar-refractivity contribution in [1.82, 2.24) is 0 Å². The van der Waals surface area contributed by atoms with Gasteiger partial charge in [0.05, 0.1) is 19.8 Å². The normalized spacial score (nSPS) is 17.7. The molecular formula is C12H14O3. The Kier molecular flexibility index (Phi) is 3.50. The third kappa shape index (κ3) is 2.65. The first kappa shape index (κ1) is 10.4. The first-order valence-corrected chi connectivity index (χ1v) is 5.01. The zero-order chi connectivity index (χ0) is 10.5. The quantitative estimate of drug-likeness (QED) is 0.818. The zero-order valence-corrected chi connectivity index (χ0v) is 8.43. The van der Waals surface area contributed by atoms with Gasteiger partial charge in [-0.25, -0.2) is 0 Å². The first-order chi connectivity index (χ1) is 7.40. The van der Waals surface area contributed by atoms with Crippen molar-refractivity contribution in [2.45, 2.75) is 6.29 Å². The maximum Gasteiger partial charge on any atom is 0.184 e. The van der Waals surface area contributed by atoms with Crippen LogP contribution in [0.25, 0.3) is 6.08 Å². The monoisotopic (exact) mass is 206 g/mol. The predicted octanol–water partition coefficient (Wildman–Crippen LogP) is 1.74. The largest absolute Gasteiger partial charge is 0.392 e. The highest BCUT2D eigenvalue weighted by Gasteiger charge is 2.17. The Bertz CT molecular complexity index is 323. The molecular weight excluding hydrogens is 192 g/mol. The van der Waals surface area contributed by atoms with Crippen LogP contribution in [0.4, 0.5) is 0 Å². The van der Waals surface area contributed by atoms with Crippen molar-refractivity contribution in [3.05, 3.63) is 41.5 Å². The van der Waals surface area contributed by atoms with Crippen LogP contribution in [0.1, 0.15) is 17.4 Å². The van der Waals surface area contributed by atoms with Gasteiger partial charge in [0.25, 0.3) is 0 Å². The van der Waals surface area contributed by atoms with E-state index in [9.17, 15) is 0 Å². The van der Waals surface area contributed by atoms with Crippen LogP contribution in [-0.4, -0.2) is 24.9 Å². The van der Waals surface area contributed by atoms with Gasteiger partial charge in [-0.2, -0.15) is 0 Å². The van der Waals surface area contributed by atoms with E-state index < -0.39 is 0 Å². The van der Waals surface area contributed by atoms with E-state index in [-0.39, 0.29) is 12.9 Å². The van der Waals surface area contributed by atoms with Gasteiger partial charge in [-0.1, -0.05) is 36.4 Å². The Balaban J connectivity index is 2.06. The molecule has 1 aromatic carbocycles. The van der Waals surface area contributed by atoms with E-state index in [4.69, 9.17) is 14.6 Å². The Labute approximate surface area is 88.9 Å². The fraction of sp³-hybridized carbons (Fsp3) is 0.333. The lowest BCUT2D eigenvalue weighted by Crippen LogP contribution is -1.97. The third-order valence-corrected chi connectivity index (χ3v) is 2.25. The van der Waals surface area contributed by atoms with Crippen molar-refractivity contribution in [1.29, 1.82) is 0 Å². The molecule has 0 aliphatic carbocycles. The van der Waals surface area contributed by atoms with Gasteiger partial charge in [-0.3, -0.25) is 0 Å². The SMILES string of the molecule is OC/C=C/c1ccc(C2OCCO2)cc1. The van der Waals surface area contributed by atoms with Gasteiger partial charge in [0, 0.05) is 5.56 Å². The third-order valence-electron chi connectivity index (χ3n) is 2.25. The minimum Gasteiger partial charge on any atom is -0.392 e. The minimum absolute atomic E-state index is 0.0661. The lowest BCUT2D eigenvalue weighted by atomic mass is 10.1. The molecule has 0 atom stereocenters. The minimum atomic E-state index is -0.208. The molecule has 0 bridgehead atoms. The molecule has 1 heterocycles. The van der Waals surface area contributed by atoms with Gasteiger partial charge in [0.1, 0.15) is 0 Å². The van der Waals surface area contributed by atoms with E-state index in [0.29, 0.717) is 13.2 Å². The molecule has 1 saturated heterocycles. The van der Waals surface area contributed by atoms with Crippen LogP contribution in [0.3, 0.4) is 0 Å². The van der Waals surface area contributed by atoms with E-state index in [1.54, 1.807) is 6.08 Å². The smallest absolute Gasteiger partial charge is 0.184 e. The van der Waals surface area contributed by atoms with Gasteiger partial charge >= 0.3 is 0 Å². The van der Waals surface area contributed by atoms with Gasteiger partial charge in [0.2, 0.25) is 0 Å². The van der Waals surface area contributed by atoms with Crippen molar-refractivity contribution in [3.8, 4) is 0 Å². The molecule has 0 spiro atoms. The van der Waals surface area contributed by atoms with Crippen LogP contribution in [0, 0.1) is 0 Å². The summed E-state index contributed by atoms with van der Waals surface area (Å²) in [5.41, 5.74) is 2.10. The lowest BCUT2D eigenvalue weighted by Gasteiger charge is -2.08. The molecule has 2 rings (SSSR count). The average molecular weight is 206 g/mol. The molecule has 3 heteroatoms. The summed E-state index contributed by atoms with van der Waals surface area (Å²) in [7, 11) is 0. The number of benzene rings is 1. The number of rotatable bonds is 3. The Morgan fingerprint density at radius 2 is 1.87 bits per heavy atom. The molecule has 0 amide bonds. The van der Waals surface area contributed by atoms with Crippen molar-refractivity contribution < 1.29 is 14.6 Å². The maximum absolute atomic E-state index is 8.63. The van der Waals surface area contributed by atoms with E-state index in [1.807, 2.05) is 30.3 Å². The summed E-state index contributed by atoms with van der Waals surface area (Å²) < 4.78 is 10.8. The highest BCUT2D eigenvalue weighted by Crippen LogP contribution is 2.23. The topological polar surface area (TPSA) is 38.7 Å². The number of ether oxygens (including phenoxy) is 2. The molecule has 80 valence electrons. The van der Waals surface area contributed by atoms with E-state index in [1.165, 1.54) is 0 Å². The van der Waals surface area contributed by atoms with Gasteiger partial charge < -0.3 is 14.6 Å². The van der Waals surface area contributed by atoms with E-state index in [0.717, 1.165) is 11.1 Å². The molecule has 0 saturated carbocycles. The summed E-state index contributed by atoms with van der Waals surface area (Å²) in [6, 6.07) is 7.92. The Hall–Kier alpha value is -1.16. The zero-order valence-electron chi connectivity index (χ0n) is 8.43. The van der Waals surface area contributed by atoms with E-state index in [2.05, 4.69) is 0 Å². The lowest BCUT2D eigenvalue weighted by molar-refractivity contribution is -0.0441. The van der Waals surface area contributed by atoms with Crippen LogP contribution < -0.4 is 0 Å². The van der Waals surface area contributed by atoms with Crippen molar-refractivity contribution >= 4 is 6.08 Å². The summed E-state index contributed by atoms with van der Waals surface area (Å²) in [6.07, 6.45) is 3.37. The molecule has 1 fully saturated rings. The van der Waals surface area contributed by atoms with Crippen molar-refractivity contribution in [3.63, 3.8) is 0 Å². The molecule has 1 aliphatic heterocycles. The molecule has 1 aliphatic rings. The molecule has 0 aromatic heterocycles. The van der Waals surface area contributed by atoms with Crippen molar-refractivity contribution in [2.75, 3.05) is 19.8 Å². The second-order valence-electron chi connectivity index (χ2n) is 3.33. The second kappa shape index (κ2) is 5.07. The molecule has 0 unspecified atom stereocenters. The summed E-state index contributed by atoms with van der Waals surface area (Å²) in [6.45, 7) is 1.39. The second-order valence-corrected chi connectivity index (χ2v) is 3.33. The van der Waals surface area contributed by atoms with Gasteiger partial charge in [0.15, 0.2) is 6.29 Å². The maximum atomic E-state index is 8.63. The molecule has 0 radical (unpaired) electrons. The average Bonchev–Trinajstić information content (AvgIpc) is 2.80. The molecule has 1 aromatic rings. The summed E-state index contributed by atoms with van der Waals surface area (Å²) in [4.78, 5) is 0. The summed E-state index contributed by atoms with van der Waals surface area (Å²) in [5.74, 6) is 0. The van der Waals surface area contributed by atoms with Crippen LogP contribution >= 0.6 is 0 Å². The molecule has 15 heavy (non-hydrogen) atoms. The standard InChI is InChI=1S/C12H14O3/c13-7-1-2-10-3-5-11(6-4-10)12-14-8-9-15-12/h1-6,12-13H,7-9H2/b2-1+. The van der Waals surface area contributed by atoms with Crippen LogP contribution in [-0.2, 0) is 9.47 Å². The highest BCUT2D eigenvalue weighted by molar-refractivity contribution is 5.49. The molecule has 3 nitrogen and oxygen atoms in total. The number of aliphatic hydroxyl groups excluding tert-OH is 1. The summed E-state index contributed by atoms with van der Waals surface area (Å²) >= 11 is 0. The number of aliphatic hydroxyl groups is 1. The summed E-state index contributed by atoms with van der Waals surface area (Å²) in [5, 5.41) is 8.63. The predicted molar refractivity (Wildman–Crippen MR) is 57.2 cm³/mol. The van der Waals surface area contributed by atoms with E-state index >= 15 is 0 Å². The van der Waals surface area contributed by atoms with Crippen LogP contribution in [0.2, 0.25) is 0 Å². The highest BCUT2D eigenvalue weighted by atomic mass is 16.7. The Morgan fingerprint density at radius 1 is 1.20 bits per heavy atom. The fourth-order valence-electron chi connectivity index (χ4n) is 1.50. The van der Waals surface area contributed by atoms with Gasteiger partial charge in [-0.15, -0.1) is 0 Å². The number of hydrogen-bond donors (Lipinski definition) is 1. The van der Waals surface area contributed by atoms with Crippen LogP contribution in [0.5, 0.6) is 0 Å². The van der Waals surface area contributed by atoms with Gasteiger partial charge in [-0.05, 0) is 5.56 Å². The van der Waals surface area contributed by atoms with Crippen LogP contribution in [0.15, 0.2) is 30.3 Å². The number of hydrogen-bond acceptors (Lipinski definition) is 3.